The number of hydrogen-bond donors (Lipinski definition) is 0. The summed E-state index contributed by atoms with van der Waals surface area (Å²) in [6.45, 7) is 4.24. The zero-order chi connectivity index (χ0) is 10.8. The molecule has 0 rings (SSSR count). The molecule has 86 valence electrons. The van der Waals surface area contributed by atoms with Crippen molar-refractivity contribution >= 4 is 22.7 Å². The van der Waals surface area contributed by atoms with Crippen molar-refractivity contribution in [3.05, 3.63) is 0 Å². The maximum Gasteiger partial charge on any atom is 0.156 e. The van der Waals surface area contributed by atoms with E-state index in [2.05, 4.69) is 13.8 Å². The first-order valence-electron chi connectivity index (χ1n) is 5.36. The monoisotopic (exact) mass is 240 g/mol. The van der Waals surface area contributed by atoms with Crippen molar-refractivity contribution < 1.29 is 8.39 Å². The molecule has 0 aliphatic carbocycles. The summed E-state index contributed by atoms with van der Waals surface area (Å²) in [4.78, 5) is 0. The number of halogens is 1. The van der Waals surface area contributed by atoms with Gasteiger partial charge in [-0.25, -0.2) is 4.21 Å². The highest BCUT2D eigenvalue weighted by atomic mass is 35.5. The minimum atomic E-state index is -1.19. The maximum atomic E-state index is 11.2. The lowest BCUT2D eigenvalue weighted by Gasteiger charge is -2.13. The molecule has 2 atom stereocenters. The highest BCUT2D eigenvalue weighted by molar-refractivity contribution is 7.80. The Morgan fingerprint density at radius 3 is 2.57 bits per heavy atom. The molecule has 0 N–H and O–H groups in total. The van der Waals surface area contributed by atoms with E-state index in [1.165, 1.54) is 12.8 Å². The van der Waals surface area contributed by atoms with Crippen molar-refractivity contribution in [2.24, 2.45) is 0 Å². The van der Waals surface area contributed by atoms with Crippen LogP contribution < -0.4 is 0 Å². The van der Waals surface area contributed by atoms with Gasteiger partial charge in [0.15, 0.2) is 11.1 Å². The third-order valence-corrected chi connectivity index (χ3v) is 3.51. The van der Waals surface area contributed by atoms with Crippen LogP contribution in [-0.2, 0) is 15.3 Å². The summed E-state index contributed by atoms with van der Waals surface area (Å²) in [7, 11) is 0. The lowest BCUT2D eigenvalue weighted by Crippen LogP contribution is -2.15. The third kappa shape index (κ3) is 7.77. The van der Waals surface area contributed by atoms with E-state index >= 15 is 0 Å². The molecule has 0 heterocycles. The van der Waals surface area contributed by atoms with Gasteiger partial charge >= 0.3 is 0 Å². The first-order valence-corrected chi connectivity index (χ1v) is 7.13. The normalized spacial score (nSPS) is 15.4. The molecule has 0 radical (unpaired) electrons. The first kappa shape index (κ1) is 14.4. The number of hydrogen-bond acceptors (Lipinski definition) is 2. The van der Waals surface area contributed by atoms with Gasteiger partial charge in [-0.3, -0.25) is 4.18 Å². The molecule has 0 amide bonds. The minimum absolute atomic E-state index is 0.144. The van der Waals surface area contributed by atoms with Gasteiger partial charge in [0.25, 0.3) is 0 Å². The van der Waals surface area contributed by atoms with Crippen LogP contribution in [0.15, 0.2) is 0 Å². The van der Waals surface area contributed by atoms with E-state index in [0.717, 1.165) is 19.3 Å². The Hall–Kier alpha value is 0.400. The van der Waals surface area contributed by atoms with E-state index in [4.69, 9.17) is 15.8 Å². The molecular weight excluding hydrogens is 220 g/mol. The molecule has 2 unspecified atom stereocenters. The quantitative estimate of drug-likeness (QED) is 0.457. The van der Waals surface area contributed by atoms with Gasteiger partial charge in [-0.1, -0.05) is 33.1 Å². The largest absolute Gasteiger partial charge is 0.287 e. The second-order valence-electron chi connectivity index (χ2n) is 3.32. The smallest absolute Gasteiger partial charge is 0.156 e. The topological polar surface area (TPSA) is 26.3 Å². The van der Waals surface area contributed by atoms with Crippen LogP contribution >= 0.6 is 11.6 Å². The van der Waals surface area contributed by atoms with Crippen LogP contribution in [0.1, 0.15) is 46.0 Å². The molecule has 0 aromatic rings. The standard InChI is InChI=1S/C10H21ClO2S/c1-3-5-6-7-10(4-2)13-14(12)9-8-11/h10H,3-9H2,1-2H3. The van der Waals surface area contributed by atoms with E-state index in [1.54, 1.807) is 0 Å². The van der Waals surface area contributed by atoms with E-state index in [9.17, 15) is 4.21 Å². The molecule has 14 heavy (non-hydrogen) atoms. The zero-order valence-electron chi connectivity index (χ0n) is 9.13. The summed E-state index contributed by atoms with van der Waals surface area (Å²) in [5.74, 6) is 0.837. The van der Waals surface area contributed by atoms with Crippen LogP contribution in [-0.4, -0.2) is 21.9 Å². The molecular formula is C10H21ClO2S. The van der Waals surface area contributed by atoms with E-state index in [-0.39, 0.29) is 6.10 Å². The van der Waals surface area contributed by atoms with Gasteiger partial charge in [-0.15, -0.1) is 11.6 Å². The van der Waals surface area contributed by atoms with Crippen LogP contribution in [0.5, 0.6) is 0 Å². The Labute approximate surface area is 95.0 Å². The molecule has 0 fully saturated rings. The molecule has 2 nitrogen and oxygen atoms in total. The lowest BCUT2D eigenvalue weighted by atomic mass is 10.1. The molecule has 0 aliphatic heterocycles. The Morgan fingerprint density at radius 1 is 1.36 bits per heavy atom. The van der Waals surface area contributed by atoms with E-state index in [1.807, 2.05) is 0 Å². The van der Waals surface area contributed by atoms with Gasteiger partial charge in [0, 0.05) is 5.88 Å². The molecule has 0 bridgehead atoms. The molecule has 0 aromatic carbocycles. The van der Waals surface area contributed by atoms with Crippen LogP contribution in [0.2, 0.25) is 0 Å². The van der Waals surface area contributed by atoms with E-state index in [0.29, 0.717) is 11.6 Å². The number of rotatable bonds is 9. The van der Waals surface area contributed by atoms with Crippen LogP contribution in [0.25, 0.3) is 0 Å². The van der Waals surface area contributed by atoms with Crippen LogP contribution in [0.4, 0.5) is 0 Å². The average molecular weight is 241 g/mol. The first-order chi connectivity index (χ1) is 6.74. The van der Waals surface area contributed by atoms with Gasteiger partial charge in [0.05, 0.1) is 11.9 Å². The molecule has 0 aromatic heterocycles. The van der Waals surface area contributed by atoms with Gasteiger partial charge in [-0.2, -0.15) is 0 Å². The summed E-state index contributed by atoms with van der Waals surface area (Å²) in [5.41, 5.74) is 0. The van der Waals surface area contributed by atoms with Crippen molar-refractivity contribution in [2.45, 2.75) is 52.1 Å². The second kappa shape index (κ2) is 9.94. The highest BCUT2D eigenvalue weighted by Gasteiger charge is 2.10. The fraction of sp³-hybridized carbons (Fsp3) is 1.00. The summed E-state index contributed by atoms with van der Waals surface area (Å²) >= 11 is 4.29. The van der Waals surface area contributed by atoms with E-state index < -0.39 is 11.1 Å². The average Bonchev–Trinajstić information content (AvgIpc) is 2.17. The van der Waals surface area contributed by atoms with Crippen LogP contribution in [0.3, 0.4) is 0 Å². The zero-order valence-corrected chi connectivity index (χ0v) is 10.7. The number of unbranched alkanes of at least 4 members (excludes halogenated alkanes) is 2. The third-order valence-electron chi connectivity index (χ3n) is 2.07. The Kier molecular flexibility index (Phi) is 10.2. The molecule has 0 saturated heterocycles. The van der Waals surface area contributed by atoms with Crippen molar-refractivity contribution in [2.75, 3.05) is 11.6 Å². The summed E-state index contributed by atoms with van der Waals surface area (Å²) in [6, 6.07) is 0. The second-order valence-corrected chi connectivity index (χ2v) is 4.91. The molecule has 0 spiro atoms. The lowest BCUT2D eigenvalue weighted by molar-refractivity contribution is 0.205. The predicted octanol–water partition coefficient (Wildman–Crippen LogP) is 3.26. The Balaban J connectivity index is 3.61. The molecule has 0 saturated carbocycles. The van der Waals surface area contributed by atoms with Crippen molar-refractivity contribution in [1.29, 1.82) is 0 Å². The molecule has 0 aliphatic rings. The fourth-order valence-electron chi connectivity index (χ4n) is 1.21. The fourth-order valence-corrected chi connectivity index (χ4v) is 2.34. The summed E-state index contributed by atoms with van der Waals surface area (Å²) < 4.78 is 16.6. The van der Waals surface area contributed by atoms with Crippen molar-refractivity contribution in [3.63, 3.8) is 0 Å². The van der Waals surface area contributed by atoms with Crippen molar-refractivity contribution in [3.8, 4) is 0 Å². The van der Waals surface area contributed by atoms with Gasteiger partial charge in [0.2, 0.25) is 0 Å². The van der Waals surface area contributed by atoms with Gasteiger partial charge in [-0.05, 0) is 12.8 Å². The minimum Gasteiger partial charge on any atom is -0.287 e. The predicted molar refractivity (Wildman–Crippen MR) is 63.0 cm³/mol. The van der Waals surface area contributed by atoms with Gasteiger partial charge < -0.3 is 0 Å². The SMILES string of the molecule is CCCCCC(CC)OS(=O)CCCl. The van der Waals surface area contributed by atoms with Crippen LogP contribution in [0, 0.1) is 0 Å². The van der Waals surface area contributed by atoms with Crippen molar-refractivity contribution in [1.82, 2.24) is 0 Å². The highest BCUT2D eigenvalue weighted by Crippen LogP contribution is 2.11. The molecule has 4 heteroatoms. The number of alkyl halides is 1. The van der Waals surface area contributed by atoms with Gasteiger partial charge in [0.1, 0.15) is 0 Å². The maximum absolute atomic E-state index is 11.2. The summed E-state index contributed by atoms with van der Waals surface area (Å²) in [5, 5.41) is 0. The summed E-state index contributed by atoms with van der Waals surface area (Å²) in [6.07, 6.45) is 5.68. The Morgan fingerprint density at radius 2 is 2.07 bits per heavy atom. The Bertz CT molecular complexity index is 153.